The van der Waals surface area contributed by atoms with Crippen LogP contribution in [0.3, 0.4) is 0 Å². The Morgan fingerprint density at radius 3 is 2.44 bits per heavy atom. The first-order chi connectivity index (χ1) is 8.81. The number of hydrogen-bond donors (Lipinski definition) is 0. The van der Waals surface area contributed by atoms with Crippen LogP contribution in [0.15, 0.2) is 42.7 Å². The lowest BCUT2D eigenvalue weighted by atomic mass is 10.3. The Morgan fingerprint density at radius 1 is 1.06 bits per heavy atom. The van der Waals surface area contributed by atoms with Crippen LogP contribution < -0.4 is 9.47 Å². The normalized spacial score (nSPS) is 10.1. The van der Waals surface area contributed by atoms with Gasteiger partial charge in [-0.1, -0.05) is 0 Å². The van der Waals surface area contributed by atoms with E-state index in [4.69, 9.17) is 21.1 Å². The van der Waals surface area contributed by atoms with Gasteiger partial charge in [0, 0.05) is 12.1 Å². The number of pyridine rings is 1. The third-order valence-electron chi connectivity index (χ3n) is 2.29. The Kier molecular flexibility index (Phi) is 4.42. The minimum atomic E-state index is 0.424. The summed E-state index contributed by atoms with van der Waals surface area (Å²) in [6.07, 6.45) is 3.38. The Labute approximate surface area is 111 Å². The molecule has 4 heteroatoms. The van der Waals surface area contributed by atoms with Crippen molar-refractivity contribution in [3.63, 3.8) is 0 Å². The van der Waals surface area contributed by atoms with E-state index in [2.05, 4.69) is 4.98 Å². The van der Waals surface area contributed by atoms with Gasteiger partial charge in [-0.25, -0.2) is 0 Å². The van der Waals surface area contributed by atoms with Gasteiger partial charge in [-0.15, -0.1) is 11.6 Å². The lowest BCUT2D eigenvalue weighted by Crippen LogP contribution is -1.91. The van der Waals surface area contributed by atoms with Gasteiger partial charge in [-0.3, -0.25) is 4.98 Å². The molecule has 0 radical (unpaired) electrons. The smallest absolute Gasteiger partial charge is 0.146 e. The van der Waals surface area contributed by atoms with Gasteiger partial charge in [0.05, 0.1) is 12.8 Å². The molecule has 0 unspecified atom stereocenters. The molecule has 0 spiro atoms. The van der Waals surface area contributed by atoms with Gasteiger partial charge in [-0.05, 0) is 42.8 Å². The molecule has 0 amide bonds. The molecule has 94 valence electrons. The number of hydrogen-bond acceptors (Lipinski definition) is 3. The molecule has 1 aromatic heterocycles. The quantitative estimate of drug-likeness (QED) is 0.764. The van der Waals surface area contributed by atoms with E-state index in [1.54, 1.807) is 12.4 Å². The highest BCUT2D eigenvalue weighted by molar-refractivity contribution is 6.17. The molecule has 0 aliphatic heterocycles. The van der Waals surface area contributed by atoms with Gasteiger partial charge >= 0.3 is 0 Å². The summed E-state index contributed by atoms with van der Waals surface area (Å²) >= 11 is 5.75. The SMILES string of the molecule is CCOc1ccc(Oc2cncc(CCl)c2)cc1. The van der Waals surface area contributed by atoms with Crippen LogP contribution in [0, 0.1) is 0 Å². The Hall–Kier alpha value is -1.74. The fourth-order valence-electron chi connectivity index (χ4n) is 1.50. The van der Waals surface area contributed by atoms with Gasteiger partial charge in [-0.2, -0.15) is 0 Å². The molecule has 1 heterocycles. The number of nitrogens with zero attached hydrogens (tertiary/aromatic N) is 1. The van der Waals surface area contributed by atoms with Crippen molar-refractivity contribution < 1.29 is 9.47 Å². The van der Waals surface area contributed by atoms with E-state index < -0.39 is 0 Å². The average molecular weight is 264 g/mol. The molecule has 3 nitrogen and oxygen atoms in total. The molecule has 2 rings (SSSR count). The first kappa shape index (κ1) is 12.7. The highest BCUT2D eigenvalue weighted by Crippen LogP contribution is 2.24. The summed E-state index contributed by atoms with van der Waals surface area (Å²) in [5.74, 6) is 2.68. The third-order valence-corrected chi connectivity index (χ3v) is 2.60. The molecule has 0 fully saturated rings. The molecule has 0 aliphatic rings. The fourth-order valence-corrected chi connectivity index (χ4v) is 1.65. The standard InChI is InChI=1S/C14H14ClNO2/c1-2-17-12-3-5-13(6-4-12)18-14-7-11(8-15)9-16-10-14/h3-7,9-10H,2,8H2,1H3. The van der Waals surface area contributed by atoms with Crippen molar-refractivity contribution >= 4 is 11.6 Å². The predicted molar refractivity (Wildman–Crippen MR) is 71.5 cm³/mol. The maximum absolute atomic E-state index is 5.75. The molecule has 0 N–H and O–H groups in total. The average Bonchev–Trinajstić information content (AvgIpc) is 2.42. The molecule has 0 aliphatic carbocycles. The molecule has 0 saturated heterocycles. The van der Waals surface area contributed by atoms with Gasteiger partial charge in [0.1, 0.15) is 17.2 Å². The second-order valence-corrected chi connectivity index (χ2v) is 3.94. The predicted octanol–water partition coefficient (Wildman–Crippen LogP) is 4.01. The van der Waals surface area contributed by atoms with Gasteiger partial charge in [0.15, 0.2) is 0 Å². The number of aromatic nitrogens is 1. The van der Waals surface area contributed by atoms with Crippen molar-refractivity contribution in [2.24, 2.45) is 0 Å². The number of ether oxygens (including phenoxy) is 2. The number of rotatable bonds is 5. The van der Waals surface area contributed by atoms with E-state index in [-0.39, 0.29) is 0 Å². The number of halogens is 1. The van der Waals surface area contributed by atoms with E-state index in [1.165, 1.54) is 0 Å². The minimum Gasteiger partial charge on any atom is -0.494 e. The van der Waals surface area contributed by atoms with Crippen LogP contribution in [0.1, 0.15) is 12.5 Å². The Bertz CT molecular complexity index is 499. The van der Waals surface area contributed by atoms with Gasteiger partial charge < -0.3 is 9.47 Å². The van der Waals surface area contributed by atoms with Crippen molar-refractivity contribution in [2.45, 2.75) is 12.8 Å². The van der Waals surface area contributed by atoms with E-state index in [0.29, 0.717) is 18.2 Å². The molecular formula is C14H14ClNO2. The zero-order valence-electron chi connectivity index (χ0n) is 10.1. The van der Waals surface area contributed by atoms with E-state index >= 15 is 0 Å². The highest BCUT2D eigenvalue weighted by atomic mass is 35.5. The Balaban J connectivity index is 2.08. The molecule has 0 bridgehead atoms. The van der Waals surface area contributed by atoms with Crippen LogP contribution in [-0.4, -0.2) is 11.6 Å². The summed E-state index contributed by atoms with van der Waals surface area (Å²) in [5.41, 5.74) is 0.931. The summed E-state index contributed by atoms with van der Waals surface area (Å²) in [5, 5.41) is 0. The molecule has 18 heavy (non-hydrogen) atoms. The number of benzene rings is 1. The first-order valence-corrected chi connectivity index (χ1v) is 6.26. The summed E-state index contributed by atoms with van der Waals surface area (Å²) in [4.78, 5) is 4.06. The van der Waals surface area contributed by atoms with Crippen molar-refractivity contribution in [1.82, 2.24) is 4.98 Å². The summed E-state index contributed by atoms with van der Waals surface area (Å²) in [6.45, 7) is 2.61. The molecule has 1 aromatic carbocycles. The summed E-state index contributed by atoms with van der Waals surface area (Å²) in [6, 6.07) is 9.34. The van der Waals surface area contributed by atoms with Crippen LogP contribution in [-0.2, 0) is 5.88 Å². The lowest BCUT2D eigenvalue weighted by Gasteiger charge is -2.07. The van der Waals surface area contributed by atoms with Crippen LogP contribution in [0.4, 0.5) is 0 Å². The van der Waals surface area contributed by atoms with Crippen LogP contribution in [0.5, 0.6) is 17.2 Å². The Morgan fingerprint density at radius 2 is 1.78 bits per heavy atom. The highest BCUT2D eigenvalue weighted by Gasteiger charge is 2.00. The first-order valence-electron chi connectivity index (χ1n) is 5.72. The van der Waals surface area contributed by atoms with E-state index in [1.807, 2.05) is 37.3 Å². The van der Waals surface area contributed by atoms with Gasteiger partial charge in [0.2, 0.25) is 0 Å². The van der Waals surface area contributed by atoms with Crippen molar-refractivity contribution in [1.29, 1.82) is 0 Å². The lowest BCUT2D eigenvalue weighted by molar-refractivity contribution is 0.339. The van der Waals surface area contributed by atoms with Gasteiger partial charge in [0.25, 0.3) is 0 Å². The van der Waals surface area contributed by atoms with Crippen LogP contribution in [0.25, 0.3) is 0 Å². The minimum absolute atomic E-state index is 0.424. The molecule has 0 saturated carbocycles. The van der Waals surface area contributed by atoms with E-state index in [9.17, 15) is 0 Å². The maximum atomic E-state index is 5.75. The zero-order valence-corrected chi connectivity index (χ0v) is 10.9. The number of alkyl halides is 1. The van der Waals surface area contributed by atoms with Crippen molar-refractivity contribution in [3.8, 4) is 17.2 Å². The topological polar surface area (TPSA) is 31.4 Å². The monoisotopic (exact) mass is 263 g/mol. The molecule has 0 atom stereocenters. The van der Waals surface area contributed by atoms with E-state index in [0.717, 1.165) is 17.1 Å². The molecule has 2 aromatic rings. The second kappa shape index (κ2) is 6.26. The largest absolute Gasteiger partial charge is 0.494 e. The van der Waals surface area contributed by atoms with Crippen LogP contribution >= 0.6 is 11.6 Å². The summed E-state index contributed by atoms with van der Waals surface area (Å²) < 4.78 is 11.0. The van der Waals surface area contributed by atoms with Crippen molar-refractivity contribution in [2.75, 3.05) is 6.61 Å². The molecular weight excluding hydrogens is 250 g/mol. The maximum Gasteiger partial charge on any atom is 0.146 e. The summed E-state index contributed by atoms with van der Waals surface area (Å²) in [7, 11) is 0. The zero-order chi connectivity index (χ0) is 12.8. The third kappa shape index (κ3) is 3.37. The van der Waals surface area contributed by atoms with Crippen molar-refractivity contribution in [3.05, 3.63) is 48.3 Å². The second-order valence-electron chi connectivity index (χ2n) is 3.67. The van der Waals surface area contributed by atoms with Crippen LogP contribution in [0.2, 0.25) is 0 Å². The fraction of sp³-hybridized carbons (Fsp3) is 0.214.